The zero-order valence-corrected chi connectivity index (χ0v) is 12.9. The van der Waals surface area contributed by atoms with Gasteiger partial charge in [-0.1, -0.05) is 25.5 Å². The first-order chi connectivity index (χ1) is 10.3. The fourth-order valence-electron chi connectivity index (χ4n) is 2.44. The van der Waals surface area contributed by atoms with Crippen LogP contribution >= 0.6 is 0 Å². The van der Waals surface area contributed by atoms with Crippen molar-refractivity contribution >= 4 is 5.91 Å². The molecule has 2 rings (SSSR count). The van der Waals surface area contributed by atoms with E-state index in [1.165, 1.54) is 5.56 Å². The van der Waals surface area contributed by atoms with Crippen LogP contribution in [-0.2, 0) is 11.2 Å². The molecule has 4 heteroatoms. The van der Waals surface area contributed by atoms with E-state index in [2.05, 4.69) is 29.7 Å². The maximum absolute atomic E-state index is 11.9. The quantitative estimate of drug-likeness (QED) is 0.721. The van der Waals surface area contributed by atoms with Gasteiger partial charge >= 0.3 is 0 Å². The first-order valence-electron chi connectivity index (χ1n) is 7.99. The molecular weight excluding hydrogens is 264 g/mol. The summed E-state index contributed by atoms with van der Waals surface area (Å²) in [5.74, 6) is 1.26. The van der Waals surface area contributed by atoms with Gasteiger partial charge in [0.1, 0.15) is 5.75 Å². The molecule has 2 N–H and O–H groups in total. The van der Waals surface area contributed by atoms with Crippen molar-refractivity contribution in [3.05, 3.63) is 29.8 Å². The summed E-state index contributed by atoms with van der Waals surface area (Å²) in [5, 5.41) is 6.23. The Bertz CT molecular complexity index is 425. The second-order valence-electron chi connectivity index (χ2n) is 5.58. The zero-order valence-electron chi connectivity index (χ0n) is 12.9. The van der Waals surface area contributed by atoms with Crippen LogP contribution in [0.25, 0.3) is 0 Å². The summed E-state index contributed by atoms with van der Waals surface area (Å²) in [6.07, 6.45) is 4.05. The van der Waals surface area contributed by atoms with Gasteiger partial charge in [-0.05, 0) is 43.5 Å². The Morgan fingerprint density at radius 1 is 1.38 bits per heavy atom. The minimum absolute atomic E-state index is 0.152. The number of nitrogens with one attached hydrogen (secondary N) is 2. The van der Waals surface area contributed by atoms with E-state index >= 15 is 0 Å². The number of hydrogen-bond donors (Lipinski definition) is 2. The van der Waals surface area contributed by atoms with Crippen LogP contribution in [0.2, 0.25) is 0 Å². The number of ether oxygens (including phenoxy) is 1. The molecule has 0 bridgehead atoms. The van der Waals surface area contributed by atoms with Crippen LogP contribution in [0, 0.1) is 5.92 Å². The van der Waals surface area contributed by atoms with Crippen molar-refractivity contribution in [2.45, 2.75) is 32.6 Å². The van der Waals surface area contributed by atoms with E-state index in [9.17, 15) is 4.79 Å². The van der Waals surface area contributed by atoms with Gasteiger partial charge in [0.2, 0.25) is 5.91 Å². The van der Waals surface area contributed by atoms with Gasteiger partial charge in [-0.25, -0.2) is 0 Å². The number of amides is 1. The lowest BCUT2D eigenvalue weighted by Crippen LogP contribution is -2.33. The first-order valence-corrected chi connectivity index (χ1v) is 7.99. The molecular formula is C17H26N2O2. The van der Waals surface area contributed by atoms with E-state index in [0.29, 0.717) is 6.54 Å². The van der Waals surface area contributed by atoms with Crippen molar-refractivity contribution in [2.75, 3.05) is 26.2 Å². The Balaban J connectivity index is 1.67. The molecule has 1 aromatic carbocycles. The van der Waals surface area contributed by atoms with Crippen molar-refractivity contribution in [3.8, 4) is 5.75 Å². The lowest BCUT2D eigenvalue weighted by Gasteiger charge is -2.10. The Morgan fingerprint density at radius 3 is 2.86 bits per heavy atom. The summed E-state index contributed by atoms with van der Waals surface area (Å²) in [6.45, 7) is 5.41. The van der Waals surface area contributed by atoms with Crippen molar-refractivity contribution in [1.82, 2.24) is 10.6 Å². The van der Waals surface area contributed by atoms with Crippen molar-refractivity contribution in [2.24, 2.45) is 5.92 Å². The molecule has 4 nitrogen and oxygen atoms in total. The molecule has 1 atom stereocenters. The molecule has 1 heterocycles. The van der Waals surface area contributed by atoms with Gasteiger partial charge in [0.15, 0.2) is 0 Å². The summed E-state index contributed by atoms with van der Waals surface area (Å²) >= 11 is 0. The number of unbranched alkanes of at least 4 members (excludes halogenated alkanes) is 1. The van der Waals surface area contributed by atoms with E-state index < -0.39 is 0 Å². The van der Waals surface area contributed by atoms with Gasteiger partial charge in [-0.15, -0.1) is 0 Å². The summed E-state index contributed by atoms with van der Waals surface area (Å²) in [6, 6.07) is 8.16. The Morgan fingerprint density at radius 2 is 2.19 bits per heavy atom. The summed E-state index contributed by atoms with van der Waals surface area (Å²) in [5.41, 5.74) is 1.22. The van der Waals surface area contributed by atoms with Crippen LogP contribution in [0.15, 0.2) is 24.3 Å². The SMILES string of the molecule is CCCCOc1ccc(CCNC(=O)C2CCNC2)cc1. The molecule has 1 amide bonds. The van der Waals surface area contributed by atoms with Gasteiger partial charge in [0.25, 0.3) is 0 Å². The highest BCUT2D eigenvalue weighted by Crippen LogP contribution is 2.13. The molecule has 0 spiro atoms. The third-order valence-corrected chi connectivity index (χ3v) is 3.83. The fourth-order valence-corrected chi connectivity index (χ4v) is 2.44. The average Bonchev–Trinajstić information content (AvgIpc) is 3.03. The maximum Gasteiger partial charge on any atom is 0.224 e. The number of carbonyl (C=O) groups excluding carboxylic acids is 1. The molecule has 1 unspecified atom stereocenters. The Kier molecular flexibility index (Phi) is 6.54. The van der Waals surface area contributed by atoms with Crippen LogP contribution in [0.3, 0.4) is 0 Å². The predicted molar refractivity (Wildman–Crippen MR) is 84.5 cm³/mol. The van der Waals surface area contributed by atoms with E-state index in [1.807, 2.05) is 12.1 Å². The average molecular weight is 290 g/mol. The highest BCUT2D eigenvalue weighted by molar-refractivity contribution is 5.79. The van der Waals surface area contributed by atoms with Crippen molar-refractivity contribution in [1.29, 1.82) is 0 Å². The minimum atomic E-state index is 0.152. The highest BCUT2D eigenvalue weighted by atomic mass is 16.5. The van der Waals surface area contributed by atoms with E-state index in [-0.39, 0.29) is 11.8 Å². The van der Waals surface area contributed by atoms with E-state index in [0.717, 1.165) is 51.1 Å². The third kappa shape index (κ3) is 5.38. The van der Waals surface area contributed by atoms with Crippen molar-refractivity contribution in [3.63, 3.8) is 0 Å². The van der Waals surface area contributed by atoms with Crippen LogP contribution in [0.5, 0.6) is 5.75 Å². The fraction of sp³-hybridized carbons (Fsp3) is 0.588. The normalized spacial score (nSPS) is 17.7. The highest BCUT2D eigenvalue weighted by Gasteiger charge is 2.21. The molecule has 1 fully saturated rings. The summed E-state index contributed by atoms with van der Waals surface area (Å²) in [4.78, 5) is 11.9. The van der Waals surface area contributed by atoms with E-state index in [4.69, 9.17) is 4.74 Å². The molecule has 1 aromatic rings. The van der Waals surface area contributed by atoms with Gasteiger partial charge in [0.05, 0.1) is 12.5 Å². The van der Waals surface area contributed by atoms with Crippen LogP contribution in [-0.4, -0.2) is 32.1 Å². The molecule has 1 saturated heterocycles. The van der Waals surface area contributed by atoms with Crippen LogP contribution in [0.1, 0.15) is 31.7 Å². The van der Waals surface area contributed by atoms with Gasteiger partial charge < -0.3 is 15.4 Å². The standard InChI is InChI=1S/C17H26N2O2/c1-2-3-12-21-16-6-4-14(5-7-16)8-11-19-17(20)15-9-10-18-13-15/h4-7,15,18H,2-3,8-13H2,1H3,(H,19,20). The molecule has 1 aliphatic heterocycles. The number of carbonyl (C=O) groups is 1. The predicted octanol–water partition coefficient (Wildman–Crippen LogP) is 2.13. The second-order valence-corrected chi connectivity index (χ2v) is 5.58. The van der Waals surface area contributed by atoms with Gasteiger partial charge in [-0.2, -0.15) is 0 Å². The summed E-state index contributed by atoms with van der Waals surface area (Å²) < 4.78 is 5.63. The smallest absolute Gasteiger partial charge is 0.224 e. The first kappa shape index (κ1) is 15.8. The molecule has 0 radical (unpaired) electrons. The summed E-state index contributed by atoms with van der Waals surface area (Å²) in [7, 11) is 0. The molecule has 1 aliphatic rings. The largest absolute Gasteiger partial charge is 0.494 e. The topological polar surface area (TPSA) is 50.4 Å². The number of hydrogen-bond acceptors (Lipinski definition) is 3. The lowest BCUT2D eigenvalue weighted by molar-refractivity contribution is -0.124. The molecule has 21 heavy (non-hydrogen) atoms. The Hall–Kier alpha value is -1.55. The Labute approximate surface area is 127 Å². The van der Waals surface area contributed by atoms with Crippen molar-refractivity contribution < 1.29 is 9.53 Å². The zero-order chi connectivity index (χ0) is 14.9. The maximum atomic E-state index is 11.9. The van der Waals surface area contributed by atoms with E-state index in [1.54, 1.807) is 0 Å². The molecule has 116 valence electrons. The van der Waals surface area contributed by atoms with Crippen LogP contribution < -0.4 is 15.4 Å². The van der Waals surface area contributed by atoms with Crippen LogP contribution in [0.4, 0.5) is 0 Å². The monoisotopic (exact) mass is 290 g/mol. The molecule has 0 aromatic heterocycles. The molecule has 0 saturated carbocycles. The second kappa shape index (κ2) is 8.67. The minimum Gasteiger partial charge on any atom is -0.494 e. The number of benzene rings is 1. The molecule has 0 aliphatic carbocycles. The third-order valence-electron chi connectivity index (χ3n) is 3.83. The number of rotatable bonds is 8. The van der Waals surface area contributed by atoms with Gasteiger partial charge in [-0.3, -0.25) is 4.79 Å². The van der Waals surface area contributed by atoms with Gasteiger partial charge in [0, 0.05) is 13.1 Å². The lowest BCUT2D eigenvalue weighted by atomic mass is 10.1.